The first-order valence-electron chi connectivity index (χ1n) is 18.8. The van der Waals surface area contributed by atoms with Gasteiger partial charge in [0.1, 0.15) is 11.5 Å². The van der Waals surface area contributed by atoms with Crippen LogP contribution in [0, 0.1) is 0 Å². The number of fused-ring (bicyclic) bond motifs is 2. The zero-order valence-electron chi connectivity index (χ0n) is 31.3. The van der Waals surface area contributed by atoms with Crippen LogP contribution in [0.15, 0.2) is 206 Å². The van der Waals surface area contributed by atoms with Crippen molar-refractivity contribution in [1.29, 1.82) is 0 Å². The molecule has 4 heteroatoms. The molecule has 9 rings (SSSR count). The van der Waals surface area contributed by atoms with Crippen molar-refractivity contribution in [2.75, 3.05) is 24.0 Å². The fourth-order valence-electron chi connectivity index (χ4n) is 7.45. The van der Waals surface area contributed by atoms with E-state index in [1.807, 2.05) is 24.3 Å². The van der Waals surface area contributed by atoms with Gasteiger partial charge in [-0.15, -0.1) is 0 Å². The van der Waals surface area contributed by atoms with Gasteiger partial charge in [0.25, 0.3) is 0 Å². The molecule has 0 bridgehead atoms. The van der Waals surface area contributed by atoms with E-state index in [1.165, 1.54) is 32.7 Å². The van der Waals surface area contributed by atoms with E-state index in [0.717, 1.165) is 56.8 Å². The largest absolute Gasteiger partial charge is 0.497 e. The normalized spacial score (nSPS) is 11.0. The number of nitrogens with zero attached hydrogens (tertiary/aromatic N) is 2. The molecular weight excluding hydrogens is 685 g/mol. The van der Waals surface area contributed by atoms with Crippen LogP contribution in [0.5, 0.6) is 11.5 Å². The van der Waals surface area contributed by atoms with Crippen LogP contribution >= 0.6 is 0 Å². The van der Waals surface area contributed by atoms with Gasteiger partial charge in [0.05, 0.1) is 14.2 Å². The van der Waals surface area contributed by atoms with Crippen molar-refractivity contribution in [3.05, 3.63) is 206 Å². The topological polar surface area (TPSA) is 24.9 Å². The summed E-state index contributed by atoms with van der Waals surface area (Å²) in [5, 5.41) is 4.85. The molecule has 4 nitrogen and oxygen atoms in total. The summed E-state index contributed by atoms with van der Waals surface area (Å²) in [5.74, 6) is 1.66. The first-order chi connectivity index (χ1) is 27.6. The molecule has 0 amide bonds. The van der Waals surface area contributed by atoms with Crippen molar-refractivity contribution in [1.82, 2.24) is 0 Å². The zero-order valence-corrected chi connectivity index (χ0v) is 31.3. The van der Waals surface area contributed by atoms with Gasteiger partial charge in [0.2, 0.25) is 0 Å². The van der Waals surface area contributed by atoms with Gasteiger partial charge in [-0.25, -0.2) is 0 Å². The molecule has 0 atom stereocenters. The molecule has 0 N–H and O–H groups in total. The zero-order chi connectivity index (χ0) is 37.8. The van der Waals surface area contributed by atoms with Crippen LogP contribution < -0.4 is 19.3 Å². The van der Waals surface area contributed by atoms with Crippen molar-refractivity contribution in [2.45, 2.75) is 0 Å². The number of anilines is 6. The van der Waals surface area contributed by atoms with E-state index < -0.39 is 0 Å². The summed E-state index contributed by atoms with van der Waals surface area (Å²) in [6, 6.07) is 73.1. The lowest BCUT2D eigenvalue weighted by molar-refractivity contribution is 0.414. The Morgan fingerprint density at radius 1 is 0.268 bits per heavy atom. The van der Waals surface area contributed by atoms with E-state index >= 15 is 0 Å². The minimum atomic E-state index is 0.832. The lowest BCUT2D eigenvalue weighted by atomic mass is 9.99. The van der Waals surface area contributed by atoms with Gasteiger partial charge in [0.15, 0.2) is 0 Å². The molecule has 56 heavy (non-hydrogen) atoms. The van der Waals surface area contributed by atoms with E-state index in [0.29, 0.717) is 0 Å². The third-order valence-corrected chi connectivity index (χ3v) is 10.4. The molecule has 0 heterocycles. The van der Waals surface area contributed by atoms with E-state index in [4.69, 9.17) is 9.47 Å². The molecular formula is C52H40N2O2. The Morgan fingerprint density at radius 3 is 0.857 bits per heavy atom. The highest BCUT2D eigenvalue weighted by atomic mass is 16.5. The summed E-state index contributed by atoms with van der Waals surface area (Å²) in [6.07, 6.45) is 0. The van der Waals surface area contributed by atoms with Crippen molar-refractivity contribution in [2.24, 2.45) is 0 Å². The van der Waals surface area contributed by atoms with Gasteiger partial charge in [-0.2, -0.15) is 0 Å². The lowest BCUT2D eigenvalue weighted by Gasteiger charge is -2.26. The Morgan fingerprint density at radius 2 is 0.536 bits per heavy atom. The number of hydrogen-bond acceptors (Lipinski definition) is 4. The fraction of sp³-hybridized carbons (Fsp3) is 0.0385. The molecule has 270 valence electrons. The maximum atomic E-state index is 5.46. The minimum Gasteiger partial charge on any atom is -0.497 e. The van der Waals surface area contributed by atoms with Crippen molar-refractivity contribution in [3.8, 4) is 33.8 Å². The first kappa shape index (κ1) is 34.5. The van der Waals surface area contributed by atoms with E-state index in [-0.39, 0.29) is 0 Å². The number of benzene rings is 9. The summed E-state index contributed by atoms with van der Waals surface area (Å²) in [6.45, 7) is 0. The van der Waals surface area contributed by atoms with Gasteiger partial charge in [-0.1, -0.05) is 109 Å². The van der Waals surface area contributed by atoms with E-state index in [1.54, 1.807) is 14.2 Å². The second kappa shape index (κ2) is 15.2. The molecule has 0 aromatic heterocycles. The molecule has 0 aliphatic heterocycles. The van der Waals surface area contributed by atoms with Crippen LogP contribution in [0.4, 0.5) is 34.1 Å². The summed E-state index contributed by atoms with van der Waals surface area (Å²) < 4.78 is 10.9. The van der Waals surface area contributed by atoms with E-state index in [9.17, 15) is 0 Å². The third kappa shape index (κ3) is 6.92. The molecule has 0 spiro atoms. The molecule has 0 fully saturated rings. The fourth-order valence-corrected chi connectivity index (χ4v) is 7.45. The Bertz CT molecular complexity index is 2550. The average Bonchev–Trinajstić information content (AvgIpc) is 3.27. The highest BCUT2D eigenvalue weighted by Gasteiger charge is 2.16. The van der Waals surface area contributed by atoms with Crippen LogP contribution in [0.2, 0.25) is 0 Å². The summed E-state index contributed by atoms with van der Waals surface area (Å²) in [5.41, 5.74) is 11.1. The van der Waals surface area contributed by atoms with Crippen molar-refractivity contribution >= 4 is 55.7 Å². The molecule has 9 aromatic rings. The summed E-state index contributed by atoms with van der Waals surface area (Å²) in [7, 11) is 3.39. The Balaban J connectivity index is 0.984. The standard InChI is InChI=1S/C52H40N2O2/c1-55-51-31-27-47(28-32-51)53(49-25-19-37-7-3-5-9-43(37)35-49)45-21-15-41(16-22-45)39-11-13-40(14-12-39)42-17-23-46(24-18-42)54(48-29-33-52(56-2)34-30-48)50-26-20-38-8-4-6-10-44(38)36-50/h3-36H,1-2H3. The quantitative estimate of drug-likeness (QED) is 0.140. The molecule has 0 saturated heterocycles. The first-order valence-corrected chi connectivity index (χ1v) is 18.8. The van der Waals surface area contributed by atoms with E-state index in [2.05, 4.69) is 192 Å². The molecule has 9 aromatic carbocycles. The van der Waals surface area contributed by atoms with Crippen molar-refractivity contribution in [3.63, 3.8) is 0 Å². The predicted octanol–water partition coefficient (Wildman–Crippen LogP) is 14.3. The summed E-state index contributed by atoms with van der Waals surface area (Å²) in [4.78, 5) is 4.58. The second-order valence-electron chi connectivity index (χ2n) is 13.8. The van der Waals surface area contributed by atoms with Crippen LogP contribution in [-0.2, 0) is 0 Å². The number of hydrogen-bond donors (Lipinski definition) is 0. The Kier molecular flexibility index (Phi) is 9.36. The van der Waals surface area contributed by atoms with Crippen LogP contribution in [-0.4, -0.2) is 14.2 Å². The van der Waals surface area contributed by atoms with Crippen molar-refractivity contribution < 1.29 is 9.47 Å². The Labute approximate surface area is 328 Å². The average molecular weight is 725 g/mol. The molecule has 0 radical (unpaired) electrons. The second-order valence-corrected chi connectivity index (χ2v) is 13.8. The van der Waals surface area contributed by atoms with Crippen LogP contribution in [0.1, 0.15) is 0 Å². The predicted molar refractivity (Wildman–Crippen MR) is 235 cm³/mol. The minimum absolute atomic E-state index is 0.832. The summed E-state index contributed by atoms with van der Waals surface area (Å²) >= 11 is 0. The molecule has 0 saturated carbocycles. The third-order valence-electron chi connectivity index (χ3n) is 10.4. The highest BCUT2D eigenvalue weighted by molar-refractivity contribution is 5.91. The monoisotopic (exact) mass is 724 g/mol. The Hall–Kier alpha value is -7.30. The van der Waals surface area contributed by atoms with Gasteiger partial charge in [-0.3, -0.25) is 0 Å². The SMILES string of the molecule is COc1ccc(N(c2ccc(-c3ccc(-c4ccc(N(c5ccc(OC)cc5)c5ccc6ccccc6c5)cc4)cc3)cc2)c2ccc3ccccc3c2)cc1. The van der Waals surface area contributed by atoms with Gasteiger partial charge < -0.3 is 19.3 Å². The van der Waals surface area contributed by atoms with Gasteiger partial charge >= 0.3 is 0 Å². The molecule has 0 unspecified atom stereocenters. The maximum absolute atomic E-state index is 5.46. The lowest BCUT2D eigenvalue weighted by Crippen LogP contribution is -2.09. The number of rotatable bonds is 10. The molecule has 0 aliphatic carbocycles. The van der Waals surface area contributed by atoms with Crippen LogP contribution in [0.25, 0.3) is 43.8 Å². The highest BCUT2D eigenvalue weighted by Crippen LogP contribution is 2.40. The molecule has 0 aliphatic rings. The van der Waals surface area contributed by atoms with Gasteiger partial charge in [-0.05, 0) is 141 Å². The number of ether oxygens (including phenoxy) is 2. The van der Waals surface area contributed by atoms with Gasteiger partial charge in [0, 0.05) is 34.1 Å². The van der Waals surface area contributed by atoms with Crippen LogP contribution in [0.3, 0.4) is 0 Å². The number of methoxy groups -OCH3 is 2. The smallest absolute Gasteiger partial charge is 0.119 e. The maximum Gasteiger partial charge on any atom is 0.119 e.